The number of carbonyl (C=O) groups excluding carboxylic acids is 1. The first-order valence-electron chi connectivity index (χ1n) is 5.18. The van der Waals surface area contributed by atoms with Gasteiger partial charge in [-0.2, -0.15) is 0 Å². The molecule has 0 saturated heterocycles. The Hall–Kier alpha value is -2.22. The molecule has 1 aromatic rings. The molecule has 18 heavy (non-hydrogen) atoms. The molecule has 1 aromatic heterocycles. The Balaban J connectivity index is 2.34. The van der Waals surface area contributed by atoms with Gasteiger partial charge < -0.3 is 15.2 Å². The summed E-state index contributed by atoms with van der Waals surface area (Å²) in [6.45, 7) is 0.0848. The zero-order valence-corrected chi connectivity index (χ0v) is 9.79. The third-order valence-corrected chi connectivity index (χ3v) is 2.02. The predicted molar refractivity (Wildman–Crippen MR) is 62.1 cm³/mol. The minimum Gasteiger partial charge on any atom is -0.481 e. The van der Waals surface area contributed by atoms with Crippen molar-refractivity contribution in [3.05, 3.63) is 18.5 Å². The summed E-state index contributed by atoms with van der Waals surface area (Å²) in [6.07, 6.45) is 2.22. The molecule has 1 rings (SSSR count). The maximum atomic E-state index is 11.4. The second kappa shape index (κ2) is 7.17. The lowest BCUT2D eigenvalue weighted by Gasteiger charge is -2.13. The molecule has 8 heteroatoms. The largest absolute Gasteiger partial charge is 0.481 e. The average molecular weight is 254 g/mol. The minimum atomic E-state index is -0.990. The van der Waals surface area contributed by atoms with E-state index in [1.165, 1.54) is 19.5 Å². The van der Waals surface area contributed by atoms with Gasteiger partial charge in [0.05, 0.1) is 12.5 Å². The molecule has 98 valence electrons. The fourth-order valence-corrected chi connectivity index (χ4v) is 1.15. The number of carboxylic acid groups (broad SMARTS) is 1. The normalized spacial score (nSPS) is 11.6. The van der Waals surface area contributed by atoms with Gasteiger partial charge in [-0.05, 0) is 6.07 Å². The lowest BCUT2D eigenvalue weighted by molar-refractivity contribution is -0.139. The predicted octanol–water partition coefficient (Wildman–Crippen LogP) is 0.0878. The Morgan fingerprint density at radius 2 is 2.11 bits per heavy atom. The summed E-state index contributed by atoms with van der Waals surface area (Å²) in [5, 5.41) is 13.5. The second-order valence-electron chi connectivity index (χ2n) is 3.36. The first-order chi connectivity index (χ1) is 8.61. The van der Waals surface area contributed by atoms with E-state index in [-0.39, 0.29) is 18.9 Å². The molecule has 1 atom stereocenters. The van der Waals surface area contributed by atoms with E-state index in [1.807, 2.05) is 0 Å². The van der Waals surface area contributed by atoms with Crippen molar-refractivity contribution < 1.29 is 19.4 Å². The van der Waals surface area contributed by atoms with Crippen molar-refractivity contribution in [2.45, 2.75) is 12.5 Å². The SMILES string of the molecule is COC(CNC(=O)Nc1ncccn1)CC(=O)O. The first kappa shape index (κ1) is 13.8. The van der Waals surface area contributed by atoms with Crippen molar-refractivity contribution in [1.29, 1.82) is 0 Å². The van der Waals surface area contributed by atoms with E-state index >= 15 is 0 Å². The van der Waals surface area contributed by atoms with E-state index < -0.39 is 18.1 Å². The molecule has 0 bridgehead atoms. The van der Waals surface area contributed by atoms with Crippen LogP contribution in [0.5, 0.6) is 0 Å². The van der Waals surface area contributed by atoms with E-state index in [0.29, 0.717) is 0 Å². The summed E-state index contributed by atoms with van der Waals surface area (Å²) in [5.41, 5.74) is 0. The highest BCUT2D eigenvalue weighted by Gasteiger charge is 2.13. The third-order valence-electron chi connectivity index (χ3n) is 2.02. The molecular formula is C10H14N4O4. The van der Waals surface area contributed by atoms with Gasteiger partial charge in [0.25, 0.3) is 0 Å². The van der Waals surface area contributed by atoms with E-state index in [2.05, 4.69) is 20.6 Å². The molecule has 0 radical (unpaired) electrons. The number of carbonyl (C=O) groups is 2. The molecular weight excluding hydrogens is 240 g/mol. The molecule has 0 saturated carbocycles. The number of nitrogens with one attached hydrogen (secondary N) is 2. The van der Waals surface area contributed by atoms with Crippen LogP contribution in [0.25, 0.3) is 0 Å². The quantitative estimate of drug-likeness (QED) is 0.663. The summed E-state index contributed by atoms with van der Waals surface area (Å²) in [7, 11) is 1.38. The first-order valence-corrected chi connectivity index (χ1v) is 5.18. The Kier molecular flexibility index (Phi) is 5.52. The van der Waals surface area contributed by atoms with Gasteiger partial charge in [0.1, 0.15) is 0 Å². The third kappa shape index (κ3) is 5.21. The highest BCUT2D eigenvalue weighted by molar-refractivity contribution is 5.87. The Morgan fingerprint density at radius 3 is 2.67 bits per heavy atom. The smallest absolute Gasteiger partial charge is 0.321 e. The van der Waals surface area contributed by atoms with Crippen molar-refractivity contribution in [3.8, 4) is 0 Å². The van der Waals surface area contributed by atoms with E-state index in [1.54, 1.807) is 6.07 Å². The summed E-state index contributed by atoms with van der Waals surface area (Å²) < 4.78 is 4.91. The Bertz CT molecular complexity index is 398. The van der Waals surface area contributed by atoms with E-state index in [0.717, 1.165) is 0 Å². The van der Waals surface area contributed by atoms with Gasteiger partial charge in [0.2, 0.25) is 5.95 Å². The maximum Gasteiger partial charge on any atom is 0.321 e. The van der Waals surface area contributed by atoms with Crippen molar-refractivity contribution >= 4 is 17.9 Å². The fraction of sp³-hybridized carbons (Fsp3) is 0.400. The minimum absolute atomic E-state index is 0.0848. The lowest BCUT2D eigenvalue weighted by atomic mass is 10.2. The molecule has 2 amide bonds. The van der Waals surface area contributed by atoms with Crippen molar-refractivity contribution in [2.75, 3.05) is 19.0 Å². The molecule has 8 nitrogen and oxygen atoms in total. The summed E-state index contributed by atoms with van der Waals surface area (Å²) in [6, 6.07) is 1.10. The fourth-order valence-electron chi connectivity index (χ4n) is 1.15. The molecule has 0 aliphatic carbocycles. The second-order valence-corrected chi connectivity index (χ2v) is 3.36. The highest BCUT2D eigenvalue weighted by atomic mass is 16.5. The number of ether oxygens (including phenoxy) is 1. The van der Waals surface area contributed by atoms with E-state index in [4.69, 9.17) is 9.84 Å². The summed E-state index contributed by atoms with van der Waals surface area (Å²) in [5.74, 6) is -0.822. The number of rotatable bonds is 6. The number of methoxy groups -OCH3 is 1. The molecule has 0 aromatic carbocycles. The molecule has 1 heterocycles. The van der Waals surface area contributed by atoms with Crippen LogP contribution in [0.1, 0.15) is 6.42 Å². The number of nitrogens with zero attached hydrogens (tertiary/aromatic N) is 2. The van der Waals surface area contributed by atoms with Crippen LogP contribution in [0.4, 0.5) is 10.7 Å². The monoisotopic (exact) mass is 254 g/mol. The van der Waals surface area contributed by atoms with Crippen LogP contribution in [-0.2, 0) is 9.53 Å². The average Bonchev–Trinajstić information content (AvgIpc) is 2.35. The number of hydrogen-bond donors (Lipinski definition) is 3. The number of carboxylic acids is 1. The molecule has 0 aliphatic heterocycles. The van der Waals surface area contributed by atoms with Gasteiger partial charge in [0.15, 0.2) is 0 Å². The van der Waals surface area contributed by atoms with Gasteiger partial charge in [0, 0.05) is 26.0 Å². The van der Waals surface area contributed by atoms with Crippen LogP contribution in [-0.4, -0.2) is 46.8 Å². The van der Waals surface area contributed by atoms with Gasteiger partial charge in [-0.3, -0.25) is 10.1 Å². The lowest BCUT2D eigenvalue weighted by Crippen LogP contribution is -2.37. The summed E-state index contributed by atoms with van der Waals surface area (Å²) in [4.78, 5) is 29.5. The van der Waals surface area contributed by atoms with Crippen molar-refractivity contribution in [1.82, 2.24) is 15.3 Å². The van der Waals surface area contributed by atoms with Crippen molar-refractivity contribution in [3.63, 3.8) is 0 Å². The number of hydrogen-bond acceptors (Lipinski definition) is 5. The van der Waals surface area contributed by atoms with Crippen LogP contribution in [0.15, 0.2) is 18.5 Å². The number of anilines is 1. The van der Waals surface area contributed by atoms with Crippen LogP contribution >= 0.6 is 0 Å². The molecule has 3 N–H and O–H groups in total. The molecule has 1 unspecified atom stereocenters. The van der Waals surface area contributed by atoms with Crippen LogP contribution in [0.2, 0.25) is 0 Å². The standard InChI is InChI=1S/C10H14N4O4/c1-18-7(5-8(15)16)6-13-10(17)14-9-11-3-2-4-12-9/h2-4,7H,5-6H2,1H3,(H,15,16)(H2,11,12,13,14,17). The number of urea groups is 1. The van der Waals surface area contributed by atoms with Crippen LogP contribution in [0, 0.1) is 0 Å². The van der Waals surface area contributed by atoms with Gasteiger partial charge in [-0.1, -0.05) is 0 Å². The molecule has 0 spiro atoms. The number of amides is 2. The Morgan fingerprint density at radius 1 is 1.44 bits per heavy atom. The van der Waals surface area contributed by atoms with Crippen LogP contribution < -0.4 is 10.6 Å². The van der Waals surface area contributed by atoms with Gasteiger partial charge in [-0.15, -0.1) is 0 Å². The summed E-state index contributed by atoms with van der Waals surface area (Å²) >= 11 is 0. The van der Waals surface area contributed by atoms with E-state index in [9.17, 15) is 9.59 Å². The number of aromatic nitrogens is 2. The van der Waals surface area contributed by atoms with Crippen LogP contribution in [0.3, 0.4) is 0 Å². The number of aliphatic carboxylic acids is 1. The molecule has 0 fully saturated rings. The highest BCUT2D eigenvalue weighted by Crippen LogP contribution is 1.97. The topological polar surface area (TPSA) is 113 Å². The Labute approximate surface area is 103 Å². The zero-order valence-electron chi connectivity index (χ0n) is 9.79. The maximum absolute atomic E-state index is 11.4. The van der Waals surface area contributed by atoms with Gasteiger partial charge >= 0.3 is 12.0 Å². The van der Waals surface area contributed by atoms with Crippen molar-refractivity contribution in [2.24, 2.45) is 0 Å². The molecule has 0 aliphatic rings. The zero-order chi connectivity index (χ0) is 13.4. The van der Waals surface area contributed by atoms with Gasteiger partial charge in [-0.25, -0.2) is 14.8 Å².